The first kappa shape index (κ1) is 20.8. The van der Waals surface area contributed by atoms with Crippen molar-refractivity contribution in [2.24, 2.45) is 0 Å². The number of alkyl halides is 6. The van der Waals surface area contributed by atoms with Crippen molar-refractivity contribution >= 4 is 0 Å². The van der Waals surface area contributed by atoms with Crippen LogP contribution in [0.3, 0.4) is 0 Å². The Kier molecular flexibility index (Phi) is 18.8. The molecule has 1 unspecified atom stereocenters. The molecule has 102 valence electrons. The van der Waals surface area contributed by atoms with Gasteiger partial charge in [0.25, 0.3) is 0 Å². The molecule has 0 aromatic rings. The molecule has 0 spiro atoms. The van der Waals surface area contributed by atoms with Crippen LogP contribution in [0.25, 0.3) is 0 Å². The third-order valence-electron chi connectivity index (χ3n) is 0.878. The molecule has 0 aliphatic heterocycles. The number of hydrogen-bond acceptors (Lipinski definition) is 1. The highest BCUT2D eigenvalue weighted by atomic mass is 19.5. The van der Waals surface area contributed by atoms with Crippen LogP contribution in [-0.4, -0.2) is 25.9 Å². The van der Waals surface area contributed by atoms with Gasteiger partial charge < -0.3 is 0 Å². The predicted molar refractivity (Wildman–Crippen MR) is 45.7 cm³/mol. The van der Waals surface area contributed by atoms with E-state index < -0.39 is 19.3 Å². The lowest BCUT2D eigenvalue weighted by atomic mass is 10.2. The molecule has 0 fully saturated rings. The van der Waals surface area contributed by atoms with Crippen LogP contribution >= 0.6 is 0 Å². The van der Waals surface area contributed by atoms with Gasteiger partial charge in [0.15, 0.2) is 0 Å². The molecule has 0 saturated carbocycles. The molecule has 0 aliphatic carbocycles. The van der Waals surface area contributed by atoms with Gasteiger partial charge >= 0.3 is 6.43 Å². The molecule has 1 atom stereocenters. The highest BCUT2D eigenvalue weighted by Gasteiger charge is 2.24. The Labute approximate surface area is 89.5 Å². The van der Waals surface area contributed by atoms with Crippen molar-refractivity contribution in [3.63, 3.8) is 0 Å². The summed E-state index contributed by atoms with van der Waals surface area (Å²) in [5.41, 5.74) is 0. The maximum atomic E-state index is 11.8. The normalized spacial score (nSPS) is 11.8. The lowest BCUT2D eigenvalue weighted by molar-refractivity contribution is -0.237. The zero-order valence-corrected chi connectivity index (χ0v) is 8.96. The maximum absolute atomic E-state index is 11.8. The Morgan fingerprint density at radius 1 is 1.12 bits per heavy atom. The quantitative estimate of drug-likeness (QED) is 0.677. The molecule has 1 nitrogen and oxygen atoms in total. The summed E-state index contributed by atoms with van der Waals surface area (Å²) in [5, 5.41) is 0. The molecule has 0 rings (SSSR count). The zero-order chi connectivity index (χ0) is 13.6. The SMILES string of the molecule is CCCC(F)CF.CCOF.FC(F)(F)F. The van der Waals surface area contributed by atoms with E-state index in [9.17, 15) is 30.9 Å². The molecule has 0 bridgehead atoms. The van der Waals surface area contributed by atoms with E-state index in [4.69, 9.17) is 0 Å². The molecule has 0 heterocycles. The van der Waals surface area contributed by atoms with Gasteiger partial charge in [-0.3, -0.25) is 0 Å². The van der Waals surface area contributed by atoms with E-state index in [1.54, 1.807) is 6.92 Å². The number of hydrogen-bond donors (Lipinski definition) is 0. The molecule has 16 heavy (non-hydrogen) atoms. The molecule has 0 N–H and O–H groups in total. The summed E-state index contributed by atoms with van der Waals surface area (Å²) in [6.45, 7) is 2.75. The second-order valence-electron chi connectivity index (χ2n) is 2.37. The van der Waals surface area contributed by atoms with Gasteiger partial charge in [-0.05, 0) is 17.9 Å². The van der Waals surface area contributed by atoms with Crippen molar-refractivity contribution in [3.8, 4) is 0 Å². The minimum Gasteiger partial charge on any atom is -0.248 e. The van der Waals surface area contributed by atoms with Gasteiger partial charge in [0.05, 0.1) is 6.61 Å². The van der Waals surface area contributed by atoms with Crippen LogP contribution in [0, 0.1) is 0 Å². The van der Waals surface area contributed by atoms with Crippen LogP contribution in [0.5, 0.6) is 0 Å². The first-order valence-corrected chi connectivity index (χ1v) is 4.42. The smallest absolute Gasteiger partial charge is 0.248 e. The molecule has 0 radical (unpaired) electrons. The Morgan fingerprint density at radius 3 is 1.50 bits per heavy atom. The summed E-state index contributed by atoms with van der Waals surface area (Å²) in [5.74, 6) is 0. The van der Waals surface area contributed by atoms with E-state index in [1.807, 2.05) is 6.92 Å². The van der Waals surface area contributed by atoms with Crippen molar-refractivity contribution in [3.05, 3.63) is 0 Å². The Balaban J connectivity index is -0.000000166. The van der Waals surface area contributed by atoms with Crippen molar-refractivity contribution in [2.45, 2.75) is 39.3 Å². The first-order valence-electron chi connectivity index (χ1n) is 4.42. The largest absolute Gasteiger partial charge is 0.559 e. The second kappa shape index (κ2) is 14.5. The Morgan fingerprint density at radius 2 is 1.44 bits per heavy atom. The standard InChI is InChI=1S/C5H10F2.C2H5FO.CF4/c1-2-3-5(7)4-6;1-2-4-3;2-1(3,4)5/h5H,2-4H2,1H3;2H2,1H3;. The van der Waals surface area contributed by atoms with Gasteiger partial charge in [-0.2, -0.15) is 4.94 Å². The van der Waals surface area contributed by atoms with Crippen LogP contribution in [0.15, 0.2) is 0 Å². The summed E-state index contributed by atoms with van der Waals surface area (Å²) in [7, 11) is 0. The van der Waals surface area contributed by atoms with Crippen LogP contribution in [-0.2, 0) is 4.94 Å². The summed E-state index contributed by atoms with van der Waals surface area (Å²) in [6, 6.07) is 0. The van der Waals surface area contributed by atoms with Crippen LogP contribution in [0.4, 0.5) is 30.9 Å². The average molecular weight is 260 g/mol. The fourth-order valence-corrected chi connectivity index (χ4v) is 0.390. The number of halogens is 7. The predicted octanol–water partition coefficient (Wildman–Crippen LogP) is 4.48. The number of rotatable bonds is 4. The van der Waals surface area contributed by atoms with Crippen molar-refractivity contribution in [1.29, 1.82) is 0 Å². The molecular formula is C8H15F7O. The van der Waals surface area contributed by atoms with Crippen molar-refractivity contribution < 1.29 is 35.8 Å². The molecular weight excluding hydrogens is 245 g/mol. The van der Waals surface area contributed by atoms with E-state index in [2.05, 4.69) is 4.94 Å². The zero-order valence-electron chi connectivity index (χ0n) is 8.96. The summed E-state index contributed by atoms with van der Waals surface area (Å²) >= 11 is 0. The van der Waals surface area contributed by atoms with Crippen LogP contribution < -0.4 is 0 Å². The Hall–Kier alpha value is -0.530. The van der Waals surface area contributed by atoms with Gasteiger partial charge in [-0.15, -0.1) is 17.6 Å². The first-order chi connectivity index (χ1) is 7.22. The molecule has 0 amide bonds. The summed E-state index contributed by atoms with van der Waals surface area (Å²) in [4.78, 5) is 3.04. The van der Waals surface area contributed by atoms with E-state index in [1.165, 1.54) is 0 Å². The minimum absolute atomic E-state index is 0.153. The second-order valence-corrected chi connectivity index (χ2v) is 2.37. The van der Waals surface area contributed by atoms with Gasteiger partial charge in [-0.1, -0.05) is 13.3 Å². The third kappa shape index (κ3) is 70.0. The van der Waals surface area contributed by atoms with E-state index in [-0.39, 0.29) is 6.61 Å². The van der Waals surface area contributed by atoms with Gasteiger partial charge in [-0.25, -0.2) is 8.78 Å². The van der Waals surface area contributed by atoms with Gasteiger partial charge in [0.1, 0.15) is 12.8 Å². The van der Waals surface area contributed by atoms with Crippen molar-refractivity contribution in [2.75, 3.05) is 13.3 Å². The molecule has 0 aromatic carbocycles. The third-order valence-corrected chi connectivity index (χ3v) is 0.878. The van der Waals surface area contributed by atoms with Crippen LogP contribution in [0.1, 0.15) is 26.7 Å². The molecule has 0 saturated heterocycles. The van der Waals surface area contributed by atoms with Crippen LogP contribution in [0.2, 0.25) is 0 Å². The summed E-state index contributed by atoms with van der Waals surface area (Å²) in [6.07, 6.45) is -5.63. The lowest BCUT2D eigenvalue weighted by Gasteiger charge is -1.95. The molecule has 8 heteroatoms. The minimum atomic E-state index is -5.50. The van der Waals surface area contributed by atoms with E-state index >= 15 is 0 Å². The highest BCUT2D eigenvalue weighted by Crippen LogP contribution is 2.13. The Bertz CT molecular complexity index is 109. The lowest BCUT2D eigenvalue weighted by Crippen LogP contribution is -1.99. The monoisotopic (exact) mass is 260 g/mol. The van der Waals surface area contributed by atoms with Gasteiger partial charge in [0.2, 0.25) is 0 Å². The maximum Gasteiger partial charge on any atom is 0.559 e. The highest BCUT2D eigenvalue weighted by molar-refractivity contribution is 4.49. The molecule has 0 aliphatic rings. The topological polar surface area (TPSA) is 9.23 Å². The fraction of sp³-hybridized carbons (Fsp3) is 1.00. The van der Waals surface area contributed by atoms with Gasteiger partial charge in [0, 0.05) is 0 Å². The van der Waals surface area contributed by atoms with Crippen molar-refractivity contribution in [1.82, 2.24) is 0 Å². The summed E-state index contributed by atoms with van der Waals surface area (Å²) < 4.78 is 71.9. The fourth-order valence-electron chi connectivity index (χ4n) is 0.390. The average Bonchev–Trinajstić information content (AvgIpc) is 2.16. The molecule has 0 aromatic heterocycles. The van der Waals surface area contributed by atoms with E-state index in [0.717, 1.165) is 6.42 Å². The van der Waals surface area contributed by atoms with E-state index in [0.29, 0.717) is 6.42 Å².